The van der Waals surface area contributed by atoms with E-state index >= 15 is 0 Å². The minimum Gasteiger partial charge on any atom is -0.363 e. The summed E-state index contributed by atoms with van der Waals surface area (Å²) >= 11 is 0. The first-order valence-corrected chi connectivity index (χ1v) is 7.71. The minimum absolute atomic E-state index is 0.253. The molecular formula is C16H20FN5. The van der Waals surface area contributed by atoms with Crippen LogP contribution in [-0.2, 0) is 13.0 Å². The second-order valence-corrected chi connectivity index (χ2v) is 5.37. The number of anilines is 2. The number of aromatic nitrogens is 3. The number of pyridine rings is 1. The van der Waals surface area contributed by atoms with E-state index in [1.54, 1.807) is 6.20 Å². The molecule has 0 aliphatic carbocycles. The molecule has 0 atom stereocenters. The molecule has 3 rings (SSSR count). The molecule has 1 saturated heterocycles. The Hall–Kier alpha value is -2.24. The van der Waals surface area contributed by atoms with Gasteiger partial charge in [0.25, 0.3) is 0 Å². The summed E-state index contributed by atoms with van der Waals surface area (Å²) in [5, 5.41) is 3.08. The predicted molar refractivity (Wildman–Crippen MR) is 84.4 cm³/mol. The van der Waals surface area contributed by atoms with Crippen molar-refractivity contribution in [1.29, 1.82) is 0 Å². The second kappa shape index (κ2) is 6.68. The Morgan fingerprint density at radius 1 is 1.23 bits per heavy atom. The molecule has 6 heteroatoms. The van der Waals surface area contributed by atoms with Gasteiger partial charge in [-0.15, -0.1) is 0 Å². The zero-order valence-corrected chi connectivity index (χ0v) is 12.7. The standard InChI is InChI=1S/C16H20FN5/c1-2-13-14(17)15(21-11-20-13)19-10-12-6-5-7-18-16(12)22-8-3-4-9-22/h5-7,11H,2-4,8-10H2,1H3,(H,19,20,21). The van der Waals surface area contributed by atoms with Gasteiger partial charge in [0.2, 0.25) is 0 Å². The lowest BCUT2D eigenvalue weighted by Gasteiger charge is -2.20. The lowest BCUT2D eigenvalue weighted by atomic mass is 10.2. The topological polar surface area (TPSA) is 53.9 Å². The molecule has 0 saturated carbocycles. The fraction of sp³-hybridized carbons (Fsp3) is 0.438. The summed E-state index contributed by atoms with van der Waals surface area (Å²) < 4.78 is 14.2. The average molecular weight is 301 g/mol. The molecule has 0 spiro atoms. The van der Waals surface area contributed by atoms with Gasteiger partial charge in [-0.05, 0) is 25.3 Å². The summed E-state index contributed by atoms with van der Waals surface area (Å²) in [4.78, 5) is 14.7. The first-order chi connectivity index (χ1) is 10.8. The van der Waals surface area contributed by atoms with E-state index in [0.717, 1.165) is 24.5 Å². The third-order valence-corrected chi connectivity index (χ3v) is 3.92. The number of rotatable bonds is 5. The highest BCUT2D eigenvalue weighted by Crippen LogP contribution is 2.23. The molecule has 0 bridgehead atoms. The maximum atomic E-state index is 14.2. The van der Waals surface area contributed by atoms with Gasteiger partial charge in [-0.25, -0.2) is 19.3 Å². The molecule has 2 aromatic rings. The maximum absolute atomic E-state index is 14.2. The number of aryl methyl sites for hydroxylation is 1. The summed E-state index contributed by atoms with van der Waals surface area (Å²) in [6, 6.07) is 3.93. The fourth-order valence-corrected chi connectivity index (χ4v) is 2.74. The van der Waals surface area contributed by atoms with Crippen molar-refractivity contribution in [3.8, 4) is 0 Å². The third-order valence-electron chi connectivity index (χ3n) is 3.92. The number of halogens is 1. The average Bonchev–Trinajstić information content (AvgIpc) is 3.08. The van der Waals surface area contributed by atoms with Crippen molar-refractivity contribution < 1.29 is 4.39 Å². The van der Waals surface area contributed by atoms with Gasteiger partial charge in [-0.2, -0.15) is 0 Å². The van der Waals surface area contributed by atoms with Gasteiger partial charge in [0.15, 0.2) is 11.6 Å². The number of hydrogen-bond acceptors (Lipinski definition) is 5. The fourth-order valence-electron chi connectivity index (χ4n) is 2.74. The smallest absolute Gasteiger partial charge is 0.186 e. The highest BCUT2D eigenvalue weighted by Gasteiger charge is 2.17. The molecule has 22 heavy (non-hydrogen) atoms. The Morgan fingerprint density at radius 2 is 2.05 bits per heavy atom. The van der Waals surface area contributed by atoms with Gasteiger partial charge >= 0.3 is 0 Å². The molecule has 3 heterocycles. The monoisotopic (exact) mass is 301 g/mol. The van der Waals surface area contributed by atoms with Crippen LogP contribution in [0.4, 0.5) is 16.0 Å². The van der Waals surface area contributed by atoms with Crippen LogP contribution in [-0.4, -0.2) is 28.0 Å². The van der Waals surface area contributed by atoms with E-state index in [2.05, 4.69) is 25.2 Å². The van der Waals surface area contributed by atoms with Crippen LogP contribution in [0.2, 0.25) is 0 Å². The molecular weight excluding hydrogens is 281 g/mol. The van der Waals surface area contributed by atoms with Crippen molar-refractivity contribution in [3.05, 3.63) is 41.7 Å². The van der Waals surface area contributed by atoms with E-state index in [0.29, 0.717) is 18.7 Å². The van der Waals surface area contributed by atoms with Crippen LogP contribution in [0, 0.1) is 5.82 Å². The second-order valence-electron chi connectivity index (χ2n) is 5.37. The van der Waals surface area contributed by atoms with Crippen LogP contribution in [0.1, 0.15) is 31.0 Å². The van der Waals surface area contributed by atoms with Crippen molar-refractivity contribution >= 4 is 11.6 Å². The molecule has 1 aliphatic heterocycles. The number of nitrogens with one attached hydrogen (secondary N) is 1. The Balaban J connectivity index is 1.77. The Bertz CT molecular complexity index is 640. The molecule has 1 aliphatic rings. The van der Waals surface area contributed by atoms with Gasteiger partial charge in [0.05, 0.1) is 5.69 Å². The molecule has 0 amide bonds. The van der Waals surface area contributed by atoms with Crippen molar-refractivity contribution in [2.45, 2.75) is 32.7 Å². The van der Waals surface area contributed by atoms with Crippen LogP contribution < -0.4 is 10.2 Å². The minimum atomic E-state index is -0.364. The van der Waals surface area contributed by atoms with Crippen LogP contribution in [0.25, 0.3) is 0 Å². The molecule has 5 nitrogen and oxygen atoms in total. The highest BCUT2D eigenvalue weighted by atomic mass is 19.1. The highest BCUT2D eigenvalue weighted by molar-refractivity contribution is 5.49. The summed E-state index contributed by atoms with van der Waals surface area (Å²) in [6.07, 6.45) is 6.15. The lowest BCUT2D eigenvalue weighted by Crippen LogP contribution is -2.21. The third kappa shape index (κ3) is 3.00. The van der Waals surface area contributed by atoms with Crippen LogP contribution in [0.5, 0.6) is 0 Å². The molecule has 0 unspecified atom stereocenters. The lowest BCUT2D eigenvalue weighted by molar-refractivity contribution is 0.596. The van der Waals surface area contributed by atoms with Crippen LogP contribution in [0.3, 0.4) is 0 Å². The van der Waals surface area contributed by atoms with E-state index in [9.17, 15) is 4.39 Å². The molecule has 0 radical (unpaired) electrons. The van der Waals surface area contributed by atoms with Gasteiger partial charge in [-0.3, -0.25) is 0 Å². The molecule has 116 valence electrons. The van der Waals surface area contributed by atoms with E-state index in [1.165, 1.54) is 19.2 Å². The molecule has 1 N–H and O–H groups in total. The van der Waals surface area contributed by atoms with Crippen molar-refractivity contribution in [2.75, 3.05) is 23.3 Å². The summed E-state index contributed by atoms with van der Waals surface area (Å²) in [5.41, 5.74) is 1.49. The SMILES string of the molecule is CCc1ncnc(NCc2cccnc2N2CCCC2)c1F. The van der Waals surface area contributed by atoms with E-state index in [-0.39, 0.29) is 11.6 Å². The van der Waals surface area contributed by atoms with Crippen molar-refractivity contribution in [2.24, 2.45) is 0 Å². The normalized spacial score (nSPS) is 14.4. The predicted octanol–water partition coefficient (Wildman–Crippen LogP) is 2.79. The van der Waals surface area contributed by atoms with E-state index in [4.69, 9.17) is 0 Å². The van der Waals surface area contributed by atoms with E-state index in [1.807, 2.05) is 19.1 Å². The summed E-state index contributed by atoms with van der Waals surface area (Å²) in [7, 11) is 0. The van der Waals surface area contributed by atoms with Gasteiger partial charge < -0.3 is 10.2 Å². The zero-order valence-electron chi connectivity index (χ0n) is 12.7. The maximum Gasteiger partial charge on any atom is 0.186 e. The van der Waals surface area contributed by atoms with Gasteiger partial charge in [0.1, 0.15) is 12.1 Å². The summed E-state index contributed by atoms with van der Waals surface area (Å²) in [6.45, 7) is 4.44. The number of hydrogen-bond donors (Lipinski definition) is 1. The Labute approximate surface area is 129 Å². The molecule has 1 fully saturated rings. The summed E-state index contributed by atoms with van der Waals surface area (Å²) in [5.74, 6) is 0.873. The first kappa shape index (κ1) is 14.7. The van der Waals surface area contributed by atoms with Crippen LogP contribution in [0.15, 0.2) is 24.7 Å². The van der Waals surface area contributed by atoms with Crippen LogP contribution >= 0.6 is 0 Å². The quantitative estimate of drug-likeness (QED) is 0.920. The first-order valence-electron chi connectivity index (χ1n) is 7.71. The zero-order chi connectivity index (χ0) is 15.4. The Kier molecular flexibility index (Phi) is 4.46. The Morgan fingerprint density at radius 3 is 2.82 bits per heavy atom. The molecule has 0 aromatic carbocycles. The van der Waals surface area contributed by atoms with Crippen molar-refractivity contribution in [1.82, 2.24) is 15.0 Å². The molecule has 2 aromatic heterocycles. The van der Waals surface area contributed by atoms with E-state index < -0.39 is 0 Å². The van der Waals surface area contributed by atoms with Crippen molar-refractivity contribution in [3.63, 3.8) is 0 Å². The number of nitrogens with zero attached hydrogens (tertiary/aromatic N) is 4. The van der Waals surface area contributed by atoms with Gasteiger partial charge in [-0.1, -0.05) is 13.0 Å². The van der Waals surface area contributed by atoms with Gasteiger partial charge in [0, 0.05) is 31.4 Å². The largest absolute Gasteiger partial charge is 0.363 e.